The fourth-order valence-electron chi connectivity index (χ4n) is 2.99. The van der Waals surface area contributed by atoms with Gasteiger partial charge < -0.3 is 10.2 Å². The van der Waals surface area contributed by atoms with Crippen molar-refractivity contribution >= 4 is 39.4 Å². The van der Waals surface area contributed by atoms with Crippen LogP contribution in [-0.2, 0) is 4.79 Å². The van der Waals surface area contributed by atoms with Crippen molar-refractivity contribution in [3.05, 3.63) is 40.9 Å². The fraction of sp³-hybridized carbons (Fsp3) is 0.450. The molecule has 1 N–H and O–H groups in total. The first-order chi connectivity index (χ1) is 13.0. The minimum atomic E-state index is 0.107. The van der Waals surface area contributed by atoms with Gasteiger partial charge in [0.1, 0.15) is 5.03 Å². The predicted molar refractivity (Wildman–Crippen MR) is 113 cm³/mol. The van der Waals surface area contributed by atoms with E-state index in [4.69, 9.17) is 0 Å². The number of aromatic nitrogens is 2. The van der Waals surface area contributed by atoms with Gasteiger partial charge in [-0.25, -0.2) is 0 Å². The average Bonchev–Trinajstić information content (AvgIpc) is 2.70. The van der Waals surface area contributed by atoms with E-state index in [0.717, 1.165) is 52.6 Å². The Bertz CT molecular complexity index is 746. The molecule has 1 aliphatic rings. The minimum Gasteiger partial charge on any atom is -0.355 e. The Morgan fingerprint density at radius 3 is 2.52 bits per heavy atom. The van der Waals surface area contributed by atoms with Crippen LogP contribution in [0.2, 0.25) is 0 Å². The average molecular weight is 449 g/mol. The third-order valence-electron chi connectivity index (χ3n) is 4.85. The number of nitrogens with one attached hydrogen (secondary N) is 1. The summed E-state index contributed by atoms with van der Waals surface area (Å²) in [4.78, 5) is 15.6. The smallest absolute Gasteiger partial charge is 0.223 e. The number of halogens is 1. The molecule has 1 unspecified atom stereocenters. The van der Waals surface area contributed by atoms with E-state index in [1.165, 1.54) is 0 Å². The Kier molecular flexibility index (Phi) is 7.13. The van der Waals surface area contributed by atoms with Crippen molar-refractivity contribution in [1.82, 2.24) is 15.5 Å². The monoisotopic (exact) mass is 448 g/mol. The van der Waals surface area contributed by atoms with E-state index >= 15 is 0 Å². The summed E-state index contributed by atoms with van der Waals surface area (Å²) in [5, 5.41) is 12.7. The van der Waals surface area contributed by atoms with E-state index in [0.29, 0.717) is 0 Å². The van der Waals surface area contributed by atoms with Gasteiger partial charge in [-0.15, -0.1) is 10.2 Å². The zero-order chi connectivity index (χ0) is 19.2. The first kappa shape index (κ1) is 20.1. The maximum Gasteiger partial charge on any atom is 0.223 e. The summed E-state index contributed by atoms with van der Waals surface area (Å²) in [6, 6.07) is 12.4. The summed E-state index contributed by atoms with van der Waals surface area (Å²) in [6.45, 7) is 5.82. The standard InChI is InChI=1S/C20H25BrN4OS/c1-3-14(2)22-20(26)15-10-12-25(13-11-15)18-8-9-19(24-23-18)27-17-6-4-16(21)5-7-17/h4-9,14-15H,3,10-13H2,1-2H3,(H,22,26). The maximum atomic E-state index is 12.3. The third-order valence-corrected chi connectivity index (χ3v) is 6.32. The number of benzene rings is 1. The van der Waals surface area contributed by atoms with Crippen molar-refractivity contribution in [3.8, 4) is 0 Å². The van der Waals surface area contributed by atoms with Crippen LogP contribution < -0.4 is 10.2 Å². The second kappa shape index (κ2) is 9.55. The summed E-state index contributed by atoms with van der Waals surface area (Å²) in [6.07, 6.45) is 2.68. The molecule has 0 saturated carbocycles. The quantitative estimate of drug-likeness (QED) is 0.703. The van der Waals surface area contributed by atoms with E-state index in [1.807, 2.05) is 24.3 Å². The topological polar surface area (TPSA) is 58.1 Å². The molecule has 2 heterocycles. The van der Waals surface area contributed by atoms with Crippen molar-refractivity contribution in [2.45, 2.75) is 49.1 Å². The normalized spacial score (nSPS) is 16.2. The zero-order valence-corrected chi connectivity index (χ0v) is 18.1. The lowest BCUT2D eigenvalue weighted by Gasteiger charge is -2.32. The molecule has 5 nitrogen and oxygen atoms in total. The Hall–Kier alpha value is -1.60. The molecule has 27 heavy (non-hydrogen) atoms. The first-order valence-electron chi connectivity index (χ1n) is 9.37. The molecule has 1 atom stereocenters. The van der Waals surface area contributed by atoms with Crippen LogP contribution in [0.3, 0.4) is 0 Å². The van der Waals surface area contributed by atoms with Gasteiger partial charge in [0.25, 0.3) is 0 Å². The number of anilines is 1. The third kappa shape index (κ3) is 5.69. The molecule has 1 fully saturated rings. The molecular formula is C20H25BrN4OS. The van der Waals surface area contributed by atoms with E-state index < -0.39 is 0 Å². The zero-order valence-electron chi connectivity index (χ0n) is 15.7. The molecule has 1 aliphatic heterocycles. The highest BCUT2D eigenvalue weighted by Crippen LogP contribution is 2.28. The fourth-order valence-corrected chi connectivity index (χ4v) is 3.99. The molecule has 7 heteroatoms. The van der Waals surface area contributed by atoms with Crippen LogP contribution in [0.15, 0.2) is 50.8 Å². The van der Waals surface area contributed by atoms with Gasteiger partial charge in [0.2, 0.25) is 5.91 Å². The number of rotatable bonds is 6. The Balaban J connectivity index is 1.52. The van der Waals surface area contributed by atoms with Gasteiger partial charge in [-0.05, 0) is 62.6 Å². The Morgan fingerprint density at radius 2 is 1.93 bits per heavy atom. The van der Waals surface area contributed by atoms with Crippen molar-refractivity contribution in [2.75, 3.05) is 18.0 Å². The largest absolute Gasteiger partial charge is 0.355 e. The van der Waals surface area contributed by atoms with Gasteiger partial charge in [0.05, 0.1) is 0 Å². The lowest BCUT2D eigenvalue weighted by Crippen LogP contribution is -2.43. The molecule has 0 bridgehead atoms. The molecular weight excluding hydrogens is 424 g/mol. The van der Waals surface area contributed by atoms with Crippen molar-refractivity contribution in [1.29, 1.82) is 0 Å². The van der Waals surface area contributed by atoms with Crippen molar-refractivity contribution < 1.29 is 4.79 Å². The van der Waals surface area contributed by atoms with Crippen LogP contribution in [0.25, 0.3) is 0 Å². The van der Waals surface area contributed by atoms with Crippen LogP contribution in [0, 0.1) is 5.92 Å². The summed E-state index contributed by atoms with van der Waals surface area (Å²) >= 11 is 5.04. The number of carbonyl (C=O) groups excluding carboxylic acids is 1. The molecule has 3 rings (SSSR count). The molecule has 2 aromatic rings. The molecule has 0 radical (unpaired) electrons. The van der Waals surface area contributed by atoms with Gasteiger partial charge in [0, 0.05) is 34.4 Å². The summed E-state index contributed by atoms with van der Waals surface area (Å²) in [5.74, 6) is 1.18. The Morgan fingerprint density at radius 1 is 1.22 bits per heavy atom. The van der Waals surface area contributed by atoms with Crippen LogP contribution in [0.1, 0.15) is 33.1 Å². The highest BCUT2D eigenvalue weighted by Gasteiger charge is 2.26. The number of piperidine rings is 1. The van der Waals surface area contributed by atoms with Gasteiger partial charge in [0.15, 0.2) is 5.82 Å². The SMILES string of the molecule is CCC(C)NC(=O)C1CCN(c2ccc(Sc3ccc(Br)cc3)nn2)CC1. The number of hydrogen-bond donors (Lipinski definition) is 1. The van der Waals surface area contributed by atoms with Crippen LogP contribution >= 0.6 is 27.7 Å². The van der Waals surface area contributed by atoms with Gasteiger partial charge in [-0.3, -0.25) is 4.79 Å². The molecule has 1 aromatic heterocycles. The number of carbonyl (C=O) groups is 1. The highest BCUT2D eigenvalue weighted by molar-refractivity contribution is 9.10. The van der Waals surface area contributed by atoms with E-state index in [-0.39, 0.29) is 17.9 Å². The summed E-state index contributed by atoms with van der Waals surface area (Å²) in [5.41, 5.74) is 0. The number of hydrogen-bond acceptors (Lipinski definition) is 5. The molecule has 1 amide bonds. The molecule has 0 aliphatic carbocycles. The summed E-state index contributed by atoms with van der Waals surface area (Å²) < 4.78 is 1.06. The Labute approximate surface area is 173 Å². The van der Waals surface area contributed by atoms with E-state index in [1.54, 1.807) is 11.8 Å². The second-order valence-electron chi connectivity index (χ2n) is 6.86. The van der Waals surface area contributed by atoms with E-state index in [2.05, 4.69) is 62.3 Å². The minimum absolute atomic E-state index is 0.107. The molecule has 1 aromatic carbocycles. The van der Waals surface area contributed by atoms with Gasteiger partial charge >= 0.3 is 0 Å². The van der Waals surface area contributed by atoms with Gasteiger partial charge in [-0.1, -0.05) is 34.6 Å². The lowest BCUT2D eigenvalue weighted by atomic mass is 9.95. The molecule has 144 valence electrons. The van der Waals surface area contributed by atoms with Gasteiger partial charge in [-0.2, -0.15) is 0 Å². The summed E-state index contributed by atoms with van der Waals surface area (Å²) in [7, 11) is 0. The van der Waals surface area contributed by atoms with Crippen molar-refractivity contribution in [2.24, 2.45) is 5.92 Å². The molecule has 1 saturated heterocycles. The maximum absolute atomic E-state index is 12.3. The molecule has 0 spiro atoms. The lowest BCUT2D eigenvalue weighted by molar-refractivity contribution is -0.126. The van der Waals surface area contributed by atoms with Crippen LogP contribution in [-0.4, -0.2) is 35.2 Å². The predicted octanol–water partition coefficient (Wildman–Crippen LogP) is 4.52. The first-order valence-corrected chi connectivity index (χ1v) is 11.0. The van der Waals surface area contributed by atoms with Crippen LogP contribution in [0.4, 0.5) is 5.82 Å². The number of amides is 1. The van der Waals surface area contributed by atoms with E-state index in [9.17, 15) is 4.79 Å². The van der Waals surface area contributed by atoms with Crippen molar-refractivity contribution in [3.63, 3.8) is 0 Å². The second-order valence-corrected chi connectivity index (χ2v) is 8.87. The highest BCUT2D eigenvalue weighted by atomic mass is 79.9. The van der Waals surface area contributed by atoms with Crippen LogP contribution in [0.5, 0.6) is 0 Å². The number of nitrogens with zero attached hydrogens (tertiary/aromatic N) is 3.